The average molecular weight is 234 g/mol. The van der Waals surface area contributed by atoms with Crippen molar-refractivity contribution >= 4 is 6.09 Å². The van der Waals surface area contributed by atoms with Gasteiger partial charge in [-0.2, -0.15) is 4.68 Å². The van der Waals surface area contributed by atoms with Gasteiger partial charge in [-0.3, -0.25) is 9.89 Å². The highest BCUT2D eigenvalue weighted by molar-refractivity contribution is 5.69. The van der Waals surface area contributed by atoms with E-state index in [0.29, 0.717) is 10.7 Å². The number of nitrogens with zero attached hydrogens (tertiary/aromatic N) is 1. The summed E-state index contributed by atoms with van der Waals surface area (Å²) in [6, 6.07) is 0.661. The van der Waals surface area contributed by atoms with E-state index in [4.69, 9.17) is 4.74 Å². The van der Waals surface area contributed by atoms with Crippen LogP contribution in [0.2, 0.25) is 0 Å². The maximum absolute atomic E-state index is 12.2. The Bertz CT molecular complexity index is 442. The van der Waals surface area contributed by atoms with E-state index in [1.54, 1.807) is 20.8 Å². The predicted molar refractivity (Wildman–Crippen MR) is 51.6 cm³/mol. The van der Waals surface area contributed by atoms with Gasteiger partial charge in [0, 0.05) is 6.07 Å². The molecule has 1 aromatic rings. The molecule has 0 aliphatic carbocycles. The van der Waals surface area contributed by atoms with E-state index in [-0.39, 0.29) is 0 Å². The second kappa shape index (κ2) is 4.07. The van der Waals surface area contributed by atoms with Crippen LogP contribution >= 0.6 is 0 Å². The first-order chi connectivity index (χ1) is 7.20. The van der Waals surface area contributed by atoms with Crippen LogP contribution in [0.4, 0.5) is 13.6 Å². The van der Waals surface area contributed by atoms with Crippen molar-refractivity contribution in [3.63, 3.8) is 0 Å². The molecule has 7 heteroatoms. The number of carbonyl (C=O) groups excluding carboxylic acids is 1. The van der Waals surface area contributed by atoms with Gasteiger partial charge < -0.3 is 4.74 Å². The van der Waals surface area contributed by atoms with E-state index >= 15 is 0 Å². The van der Waals surface area contributed by atoms with Gasteiger partial charge in [0.15, 0.2) is 0 Å². The van der Waals surface area contributed by atoms with Gasteiger partial charge in [0.2, 0.25) is 0 Å². The van der Waals surface area contributed by atoms with Crippen LogP contribution in [0.5, 0.6) is 0 Å². The van der Waals surface area contributed by atoms with Crippen LogP contribution in [-0.4, -0.2) is 21.5 Å². The molecule has 0 saturated carbocycles. The molecule has 0 aliphatic rings. The molecule has 0 bridgehead atoms. The molecule has 1 rings (SSSR count). The topological polar surface area (TPSA) is 64.1 Å². The lowest BCUT2D eigenvalue weighted by atomic mass is 10.2. The minimum atomic E-state index is -2.84. The molecule has 16 heavy (non-hydrogen) atoms. The summed E-state index contributed by atoms with van der Waals surface area (Å²) < 4.78 is 29.7. The van der Waals surface area contributed by atoms with E-state index < -0.39 is 29.4 Å². The number of alkyl halides is 2. The number of halogens is 2. The highest BCUT2D eigenvalue weighted by Gasteiger charge is 2.21. The van der Waals surface area contributed by atoms with Gasteiger partial charge in [-0.1, -0.05) is 0 Å². The highest BCUT2D eigenvalue weighted by atomic mass is 19.3. The molecule has 0 radical (unpaired) electrons. The van der Waals surface area contributed by atoms with Crippen molar-refractivity contribution in [2.45, 2.75) is 32.8 Å². The Morgan fingerprint density at radius 2 is 2.06 bits per heavy atom. The monoisotopic (exact) mass is 234 g/mol. The molecule has 0 saturated heterocycles. The molecule has 1 N–H and O–H groups in total. The molecule has 0 unspecified atom stereocenters. The summed E-state index contributed by atoms with van der Waals surface area (Å²) in [7, 11) is 0. The normalized spacial score (nSPS) is 11.9. The van der Waals surface area contributed by atoms with Crippen LogP contribution in [0, 0.1) is 0 Å². The van der Waals surface area contributed by atoms with Gasteiger partial charge in [0.25, 0.3) is 12.0 Å². The van der Waals surface area contributed by atoms with E-state index in [9.17, 15) is 18.4 Å². The number of nitrogens with one attached hydrogen (secondary N) is 1. The van der Waals surface area contributed by atoms with Gasteiger partial charge in [-0.05, 0) is 20.8 Å². The molecule has 0 amide bonds. The van der Waals surface area contributed by atoms with Crippen molar-refractivity contribution in [2.24, 2.45) is 0 Å². The minimum Gasteiger partial charge on any atom is -0.442 e. The van der Waals surface area contributed by atoms with Crippen LogP contribution < -0.4 is 5.56 Å². The zero-order chi connectivity index (χ0) is 12.5. The summed E-state index contributed by atoms with van der Waals surface area (Å²) in [5.74, 6) is 0. The number of hydrogen-bond acceptors (Lipinski definition) is 3. The lowest BCUT2D eigenvalue weighted by molar-refractivity contribution is 0.0505. The zero-order valence-corrected chi connectivity index (χ0v) is 9.08. The van der Waals surface area contributed by atoms with Gasteiger partial charge in [-0.25, -0.2) is 13.6 Å². The Balaban J connectivity index is 2.97. The summed E-state index contributed by atoms with van der Waals surface area (Å²) in [5.41, 5.74) is -2.28. The molecular formula is C9H12F2N2O3. The molecule has 1 aromatic heterocycles. The largest absolute Gasteiger partial charge is 0.442 e. The van der Waals surface area contributed by atoms with Crippen LogP contribution in [0.3, 0.4) is 0 Å². The maximum atomic E-state index is 12.2. The second-order valence-corrected chi connectivity index (χ2v) is 4.17. The number of rotatable bonds is 1. The summed E-state index contributed by atoms with van der Waals surface area (Å²) in [4.78, 5) is 22.6. The van der Waals surface area contributed by atoms with E-state index in [0.717, 1.165) is 0 Å². The van der Waals surface area contributed by atoms with Crippen molar-refractivity contribution in [3.8, 4) is 0 Å². The number of hydrogen-bond donors (Lipinski definition) is 1. The third-order valence-electron chi connectivity index (χ3n) is 1.55. The van der Waals surface area contributed by atoms with E-state index in [1.807, 2.05) is 5.10 Å². The molecule has 0 atom stereocenters. The fourth-order valence-corrected chi connectivity index (χ4v) is 0.969. The Morgan fingerprint density at radius 1 is 1.50 bits per heavy atom. The first-order valence-electron chi connectivity index (χ1n) is 4.54. The lowest BCUT2D eigenvalue weighted by Gasteiger charge is -2.18. The quantitative estimate of drug-likeness (QED) is 0.807. The molecule has 90 valence electrons. The van der Waals surface area contributed by atoms with Crippen molar-refractivity contribution < 1.29 is 18.3 Å². The SMILES string of the molecule is CC(C)(C)OC(=O)n1[nH]c(C(F)F)cc1=O. The highest BCUT2D eigenvalue weighted by Crippen LogP contribution is 2.14. The summed E-state index contributed by atoms with van der Waals surface area (Å²) in [5, 5.41) is 1.98. The third-order valence-corrected chi connectivity index (χ3v) is 1.55. The first-order valence-corrected chi connectivity index (χ1v) is 4.54. The van der Waals surface area contributed by atoms with Crippen LogP contribution in [0.15, 0.2) is 10.9 Å². The Hall–Kier alpha value is -1.66. The summed E-state index contributed by atoms with van der Waals surface area (Å²) >= 11 is 0. The first kappa shape index (κ1) is 12.4. The van der Waals surface area contributed by atoms with Crippen LogP contribution in [0.1, 0.15) is 32.9 Å². The molecule has 5 nitrogen and oxygen atoms in total. The average Bonchev–Trinajstić information content (AvgIpc) is 2.44. The van der Waals surface area contributed by atoms with Gasteiger partial charge >= 0.3 is 6.09 Å². The zero-order valence-electron chi connectivity index (χ0n) is 9.08. The second-order valence-electron chi connectivity index (χ2n) is 4.17. The molecule has 0 spiro atoms. The molecule has 0 aromatic carbocycles. The Labute approximate surface area is 90.0 Å². The van der Waals surface area contributed by atoms with Gasteiger partial charge in [-0.15, -0.1) is 0 Å². The number of carbonyl (C=O) groups is 1. The summed E-state index contributed by atoms with van der Waals surface area (Å²) in [6.45, 7) is 4.81. The predicted octanol–water partition coefficient (Wildman–Crippen LogP) is 1.90. The molecule has 0 fully saturated rings. The van der Waals surface area contributed by atoms with Crippen LogP contribution in [-0.2, 0) is 4.74 Å². The van der Waals surface area contributed by atoms with Gasteiger partial charge in [0.1, 0.15) is 11.3 Å². The van der Waals surface area contributed by atoms with Crippen LogP contribution in [0.25, 0.3) is 0 Å². The number of ether oxygens (including phenoxy) is 1. The maximum Gasteiger partial charge on any atom is 0.436 e. The van der Waals surface area contributed by atoms with E-state index in [1.165, 1.54) is 0 Å². The number of aromatic amines is 1. The van der Waals surface area contributed by atoms with Crippen molar-refractivity contribution in [1.29, 1.82) is 0 Å². The minimum absolute atomic E-state index is 0.409. The van der Waals surface area contributed by atoms with Crippen molar-refractivity contribution in [1.82, 2.24) is 9.78 Å². The molecular weight excluding hydrogens is 222 g/mol. The Kier molecular flexibility index (Phi) is 3.16. The molecule has 0 aliphatic heterocycles. The standard InChI is InChI=1S/C9H12F2N2O3/c1-9(2,3)16-8(15)13-6(14)4-5(12-13)7(10)11/h4,7,12H,1-3H3. The fraction of sp³-hybridized carbons (Fsp3) is 0.556. The summed E-state index contributed by atoms with van der Waals surface area (Å²) in [6.07, 6.45) is -3.85. The van der Waals surface area contributed by atoms with E-state index in [2.05, 4.69) is 0 Å². The molecule has 1 heterocycles. The van der Waals surface area contributed by atoms with Gasteiger partial charge in [0.05, 0.1) is 0 Å². The van der Waals surface area contributed by atoms with Crippen molar-refractivity contribution in [2.75, 3.05) is 0 Å². The smallest absolute Gasteiger partial charge is 0.436 e. The Morgan fingerprint density at radius 3 is 2.44 bits per heavy atom. The fourth-order valence-electron chi connectivity index (χ4n) is 0.969. The third kappa shape index (κ3) is 2.91. The lowest BCUT2D eigenvalue weighted by Crippen LogP contribution is -2.32. The number of H-pyrrole nitrogens is 1. The van der Waals surface area contributed by atoms with Crippen molar-refractivity contribution in [3.05, 3.63) is 22.1 Å². The number of aromatic nitrogens is 2.